The fourth-order valence-electron chi connectivity index (χ4n) is 0. The van der Waals surface area contributed by atoms with Crippen LogP contribution in [0.4, 0.5) is 0 Å². The van der Waals surface area contributed by atoms with Crippen LogP contribution >= 0.6 is 24.8 Å². The standard InChI is InChI=1S/2Ca.2ClH.2H2O.2Zn.4H/h;;2*1H;2*1H2;;;;;;/q2*+2;;;;;;;4*-1. The third-order valence-corrected chi connectivity index (χ3v) is 0. The molecule has 0 saturated carbocycles. The zero-order valence-corrected chi connectivity index (χ0v) is 16.6. The molecule has 44 valence electrons. The summed E-state index contributed by atoms with van der Waals surface area (Å²) < 4.78 is 0. The molecule has 0 aromatic carbocycles. The van der Waals surface area contributed by atoms with Crippen LogP contribution in [-0.4, -0.2) is 86.4 Å². The van der Waals surface area contributed by atoms with Crippen molar-refractivity contribution in [1.82, 2.24) is 0 Å². The Labute approximate surface area is 153 Å². The van der Waals surface area contributed by atoms with E-state index in [9.17, 15) is 0 Å². The molecule has 0 amide bonds. The molecule has 0 unspecified atom stereocenters. The SMILES string of the molecule is Cl.Cl.O.O.[Ca+2].[Ca+2].[H-].[H-].[H-].[H-].[Zn].[Zn]. The van der Waals surface area contributed by atoms with Crippen LogP contribution in [0.25, 0.3) is 0 Å². The van der Waals surface area contributed by atoms with Gasteiger partial charge in [0, 0.05) is 39.0 Å². The third-order valence-electron chi connectivity index (χ3n) is 0. The first-order valence-electron chi connectivity index (χ1n) is 0. The van der Waals surface area contributed by atoms with E-state index in [1.54, 1.807) is 0 Å². The van der Waals surface area contributed by atoms with Crippen molar-refractivity contribution in [3.63, 3.8) is 0 Å². The van der Waals surface area contributed by atoms with Crippen molar-refractivity contribution in [1.29, 1.82) is 0 Å². The van der Waals surface area contributed by atoms with E-state index in [2.05, 4.69) is 0 Å². The average molecular weight is 324 g/mol. The number of hydrogen-bond donors (Lipinski definition) is 0. The molecule has 0 aliphatic heterocycles. The van der Waals surface area contributed by atoms with Crippen LogP contribution in [0, 0.1) is 0 Å². The zero-order chi connectivity index (χ0) is 0. The van der Waals surface area contributed by atoms with Gasteiger partial charge in [-0.2, -0.15) is 0 Å². The summed E-state index contributed by atoms with van der Waals surface area (Å²) >= 11 is 0. The Bertz CT molecular complexity index is 27.0. The maximum Gasteiger partial charge on any atom is 2.00 e. The van der Waals surface area contributed by atoms with Crippen LogP contribution in [0.3, 0.4) is 0 Å². The second kappa shape index (κ2) is 65.2. The molecule has 0 aromatic heterocycles. The van der Waals surface area contributed by atoms with Gasteiger partial charge in [-0.25, -0.2) is 0 Å². The molecule has 0 atom stereocenters. The Morgan fingerprint density at radius 3 is 0.625 bits per heavy atom. The van der Waals surface area contributed by atoms with E-state index in [0.717, 1.165) is 0 Å². The third kappa shape index (κ3) is 48.4. The van der Waals surface area contributed by atoms with E-state index in [1.165, 1.54) is 0 Å². The van der Waals surface area contributed by atoms with E-state index in [1.807, 2.05) is 0 Å². The van der Waals surface area contributed by atoms with Gasteiger partial charge in [0.2, 0.25) is 0 Å². The van der Waals surface area contributed by atoms with E-state index < -0.39 is 0 Å². The Morgan fingerprint density at radius 1 is 0.625 bits per heavy atom. The van der Waals surface area contributed by atoms with Crippen LogP contribution in [0.15, 0.2) is 0 Å². The zero-order valence-electron chi connectivity index (χ0n) is 8.64. The summed E-state index contributed by atoms with van der Waals surface area (Å²) in [5.74, 6) is 0. The minimum Gasteiger partial charge on any atom is -1.00 e. The summed E-state index contributed by atoms with van der Waals surface area (Å²) in [7, 11) is 0. The average Bonchev–Trinajstić information content (AvgIpc) is 0. The topological polar surface area (TPSA) is 63.0 Å². The van der Waals surface area contributed by atoms with E-state index in [-0.39, 0.29) is 156 Å². The van der Waals surface area contributed by atoms with E-state index in [4.69, 9.17) is 0 Å². The molecule has 0 aliphatic carbocycles. The number of halogens is 2. The predicted octanol–water partition coefficient (Wildman–Crippen LogP) is -1.12. The quantitative estimate of drug-likeness (QED) is 0.507. The van der Waals surface area contributed by atoms with Crippen LogP contribution in [0.5, 0.6) is 0 Å². The molecule has 0 spiro atoms. The molecule has 8 heteroatoms. The maximum absolute atomic E-state index is 0. The van der Waals surface area contributed by atoms with Crippen LogP contribution in [-0.2, 0) is 39.0 Å². The second-order valence-electron chi connectivity index (χ2n) is 0. The molecule has 0 saturated heterocycles. The first-order chi connectivity index (χ1) is 0. The molecule has 0 rings (SSSR count). The Morgan fingerprint density at radius 2 is 0.625 bits per heavy atom. The second-order valence-corrected chi connectivity index (χ2v) is 0. The van der Waals surface area contributed by atoms with Crippen molar-refractivity contribution in [2.75, 3.05) is 0 Å². The molecule has 8 heavy (non-hydrogen) atoms. The van der Waals surface area contributed by atoms with Crippen molar-refractivity contribution in [2.45, 2.75) is 0 Å². The van der Waals surface area contributed by atoms with E-state index >= 15 is 0 Å². The Kier molecular flexibility index (Phi) is 698. The molecule has 0 aliphatic rings. The fourth-order valence-corrected chi connectivity index (χ4v) is 0. The van der Waals surface area contributed by atoms with Gasteiger partial charge in [0.1, 0.15) is 0 Å². The summed E-state index contributed by atoms with van der Waals surface area (Å²) in [5.41, 5.74) is 0. The van der Waals surface area contributed by atoms with Gasteiger partial charge in [-0.15, -0.1) is 24.8 Å². The van der Waals surface area contributed by atoms with Crippen molar-refractivity contribution in [2.24, 2.45) is 0 Å². The van der Waals surface area contributed by atoms with Crippen LogP contribution in [0.1, 0.15) is 5.71 Å². The fraction of sp³-hybridized carbons (Fsp3) is 0. The van der Waals surface area contributed by atoms with E-state index in [0.29, 0.717) is 0 Å². The molecule has 0 bridgehead atoms. The molecule has 4 N–H and O–H groups in total. The summed E-state index contributed by atoms with van der Waals surface area (Å²) in [6, 6.07) is 0. The Balaban J connectivity index is 0. The van der Waals surface area contributed by atoms with Gasteiger partial charge < -0.3 is 16.7 Å². The van der Waals surface area contributed by atoms with Crippen molar-refractivity contribution >= 4 is 100 Å². The van der Waals surface area contributed by atoms with Crippen LogP contribution < -0.4 is 0 Å². The van der Waals surface area contributed by atoms with Gasteiger partial charge in [0.25, 0.3) is 0 Å². The summed E-state index contributed by atoms with van der Waals surface area (Å²) in [6.07, 6.45) is 0. The molecular formula is H10Ca2Cl2O2Zn2. The molecule has 0 aromatic rings. The minimum absolute atomic E-state index is 0. The Hall–Kier alpha value is 4.27. The van der Waals surface area contributed by atoms with Gasteiger partial charge in [-0.1, -0.05) is 0 Å². The van der Waals surface area contributed by atoms with Gasteiger partial charge in [-0.3, -0.25) is 0 Å². The first kappa shape index (κ1) is 85.5. The van der Waals surface area contributed by atoms with Crippen molar-refractivity contribution in [3.05, 3.63) is 0 Å². The largest absolute Gasteiger partial charge is 2.00 e. The normalized spacial score (nSPS) is 0. The van der Waals surface area contributed by atoms with Crippen molar-refractivity contribution in [3.8, 4) is 0 Å². The molecule has 2 nitrogen and oxygen atoms in total. The minimum atomic E-state index is 0. The monoisotopic (exact) mass is 320 g/mol. The molecule has 0 fully saturated rings. The first-order valence-corrected chi connectivity index (χ1v) is 0. The van der Waals surface area contributed by atoms with Crippen LogP contribution in [0.2, 0.25) is 0 Å². The number of hydrogen-bond acceptors (Lipinski definition) is 0. The molecule has 0 radical (unpaired) electrons. The summed E-state index contributed by atoms with van der Waals surface area (Å²) in [6.45, 7) is 0. The van der Waals surface area contributed by atoms with Gasteiger partial charge in [0.05, 0.1) is 0 Å². The van der Waals surface area contributed by atoms with Crippen molar-refractivity contribution < 1.29 is 55.6 Å². The van der Waals surface area contributed by atoms with Gasteiger partial charge in [0.15, 0.2) is 0 Å². The molecule has 0 heterocycles. The predicted molar refractivity (Wildman–Crippen MR) is 37.7 cm³/mol. The maximum atomic E-state index is 0. The summed E-state index contributed by atoms with van der Waals surface area (Å²) in [5, 5.41) is 0. The van der Waals surface area contributed by atoms with Gasteiger partial charge >= 0.3 is 75.5 Å². The smallest absolute Gasteiger partial charge is 1.00 e. The molecular weight excluding hydrogens is 314 g/mol. The summed E-state index contributed by atoms with van der Waals surface area (Å²) in [4.78, 5) is 0. The number of rotatable bonds is 0. The van der Waals surface area contributed by atoms with Gasteiger partial charge in [-0.05, 0) is 0 Å².